The van der Waals surface area contributed by atoms with E-state index in [1.807, 2.05) is 0 Å². The molecule has 54 valence electrons. The summed E-state index contributed by atoms with van der Waals surface area (Å²) >= 11 is 0. The molecule has 2 heteroatoms. The van der Waals surface area contributed by atoms with Crippen LogP contribution >= 0.6 is 0 Å². The Morgan fingerprint density at radius 3 is 2.33 bits per heavy atom. The standard InChI is InChI=1S/C7H15NO/c1-7(3-4-7)6(5-8)9-2/h6H,3-5,8H2,1-2H3. The van der Waals surface area contributed by atoms with Gasteiger partial charge in [-0.25, -0.2) is 0 Å². The SMILES string of the molecule is COC(CN)C1(C)CC1. The van der Waals surface area contributed by atoms with Crippen LogP contribution in [0, 0.1) is 5.41 Å². The summed E-state index contributed by atoms with van der Waals surface area (Å²) in [5.74, 6) is 0. The van der Waals surface area contributed by atoms with Crippen LogP contribution < -0.4 is 5.73 Å². The third kappa shape index (κ3) is 1.25. The van der Waals surface area contributed by atoms with E-state index in [0.717, 1.165) is 0 Å². The lowest BCUT2D eigenvalue weighted by atomic mass is 10.0. The lowest BCUT2D eigenvalue weighted by Gasteiger charge is -2.19. The van der Waals surface area contributed by atoms with Gasteiger partial charge in [0.05, 0.1) is 6.10 Å². The van der Waals surface area contributed by atoms with Crippen molar-refractivity contribution in [1.29, 1.82) is 0 Å². The molecule has 0 radical (unpaired) electrons. The van der Waals surface area contributed by atoms with Crippen LogP contribution in [0.25, 0.3) is 0 Å². The van der Waals surface area contributed by atoms with Crippen molar-refractivity contribution in [1.82, 2.24) is 0 Å². The molecule has 0 amide bonds. The Hall–Kier alpha value is -0.0800. The number of hydrogen-bond acceptors (Lipinski definition) is 2. The molecule has 0 spiro atoms. The van der Waals surface area contributed by atoms with E-state index < -0.39 is 0 Å². The number of nitrogens with two attached hydrogens (primary N) is 1. The van der Waals surface area contributed by atoms with Crippen LogP contribution in [0.5, 0.6) is 0 Å². The van der Waals surface area contributed by atoms with Crippen molar-refractivity contribution in [3.63, 3.8) is 0 Å². The van der Waals surface area contributed by atoms with Crippen molar-refractivity contribution in [2.45, 2.75) is 25.9 Å². The van der Waals surface area contributed by atoms with Crippen molar-refractivity contribution in [2.75, 3.05) is 13.7 Å². The molecule has 1 unspecified atom stereocenters. The second-order valence-corrected chi connectivity index (χ2v) is 3.11. The summed E-state index contributed by atoms with van der Waals surface area (Å²) in [6, 6.07) is 0. The molecule has 0 aliphatic heterocycles. The Kier molecular flexibility index (Phi) is 1.78. The molecule has 1 atom stereocenters. The maximum Gasteiger partial charge on any atom is 0.0746 e. The molecule has 0 aromatic rings. The van der Waals surface area contributed by atoms with E-state index in [0.29, 0.717) is 12.0 Å². The van der Waals surface area contributed by atoms with Gasteiger partial charge in [-0.2, -0.15) is 0 Å². The van der Waals surface area contributed by atoms with Crippen LogP contribution in [0.4, 0.5) is 0 Å². The molecule has 1 saturated carbocycles. The van der Waals surface area contributed by atoms with Crippen molar-refractivity contribution in [2.24, 2.45) is 11.1 Å². The highest BCUT2D eigenvalue weighted by atomic mass is 16.5. The summed E-state index contributed by atoms with van der Waals surface area (Å²) in [5.41, 5.74) is 5.90. The molecule has 1 aliphatic rings. The highest BCUT2D eigenvalue weighted by molar-refractivity contribution is 4.95. The molecule has 0 heterocycles. The van der Waals surface area contributed by atoms with Gasteiger partial charge < -0.3 is 10.5 Å². The largest absolute Gasteiger partial charge is 0.380 e. The number of rotatable bonds is 3. The van der Waals surface area contributed by atoms with E-state index in [-0.39, 0.29) is 6.10 Å². The topological polar surface area (TPSA) is 35.2 Å². The fourth-order valence-corrected chi connectivity index (χ4v) is 1.18. The Morgan fingerprint density at radius 2 is 2.22 bits per heavy atom. The van der Waals surface area contributed by atoms with Crippen LogP contribution in [0.15, 0.2) is 0 Å². The van der Waals surface area contributed by atoms with Gasteiger partial charge in [0.25, 0.3) is 0 Å². The lowest BCUT2D eigenvalue weighted by Crippen LogP contribution is -2.30. The van der Waals surface area contributed by atoms with E-state index in [2.05, 4.69) is 6.92 Å². The zero-order chi connectivity index (χ0) is 6.91. The fourth-order valence-electron chi connectivity index (χ4n) is 1.18. The Bertz CT molecular complexity index is 95.1. The van der Waals surface area contributed by atoms with E-state index in [1.54, 1.807) is 7.11 Å². The van der Waals surface area contributed by atoms with Crippen molar-refractivity contribution in [3.8, 4) is 0 Å². The van der Waals surface area contributed by atoms with Crippen LogP contribution in [0.3, 0.4) is 0 Å². The number of hydrogen-bond donors (Lipinski definition) is 1. The van der Waals surface area contributed by atoms with E-state index >= 15 is 0 Å². The Labute approximate surface area is 56.4 Å². The van der Waals surface area contributed by atoms with Gasteiger partial charge in [0.2, 0.25) is 0 Å². The molecule has 2 N–H and O–H groups in total. The Morgan fingerprint density at radius 1 is 1.67 bits per heavy atom. The van der Waals surface area contributed by atoms with E-state index in [9.17, 15) is 0 Å². The predicted molar refractivity (Wildman–Crippen MR) is 37.2 cm³/mol. The van der Waals surface area contributed by atoms with Gasteiger partial charge in [0.15, 0.2) is 0 Å². The Balaban J connectivity index is 2.37. The minimum atomic E-state index is 0.289. The first-order valence-corrected chi connectivity index (χ1v) is 3.46. The van der Waals surface area contributed by atoms with Gasteiger partial charge in [0.1, 0.15) is 0 Å². The van der Waals surface area contributed by atoms with Crippen molar-refractivity contribution in [3.05, 3.63) is 0 Å². The van der Waals surface area contributed by atoms with Crippen LogP contribution in [0.1, 0.15) is 19.8 Å². The lowest BCUT2D eigenvalue weighted by molar-refractivity contribution is 0.0545. The van der Waals surface area contributed by atoms with Crippen LogP contribution in [-0.2, 0) is 4.74 Å². The minimum Gasteiger partial charge on any atom is -0.380 e. The zero-order valence-corrected chi connectivity index (χ0v) is 6.18. The average Bonchev–Trinajstić information content (AvgIpc) is 2.52. The molecule has 0 aromatic carbocycles. The fraction of sp³-hybridized carbons (Fsp3) is 1.00. The van der Waals surface area contributed by atoms with Crippen molar-refractivity contribution >= 4 is 0 Å². The van der Waals surface area contributed by atoms with Gasteiger partial charge in [-0.3, -0.25) is 0 Å². The average molecular weight is 129 g/mol. The summed E-state index contributed by atoms with van der Waals surface area (Å²) in [6.07, 6.45) is 2.85. The minimum absolute atomic E-state index is 0.289. The first kappa shape index (κ1) is 7.03. The summed E-state index contributed by atoms with van der Waals surface area (Å²) in [7, 11) is 1.74. The smallest absolute Gasteiger partial charge is 0.0746 e. The molecular weight excluding hydrogens is 114 g/mol. The molecule has 1 rings (SSSR count). The number of ether oxygens (including phenoxy) is 1. The maximum absolute atomic E-state index is 5.48. The molecule has 0 bridgehead atoms. The van der Waals surface area contributed by atoms with Gasteiger partial charge in [0, 0.05) is 13.7 Å². The first-order chi connectivity index (χ1) is 4.23. The summed E-state index contributed by atoms with van der Waals surface area (Å²) < 4.78 is 5.20. The van der Waals surface area contributed by atoms with Gasteiger partial charge in [-0.1, -0.05) is 6.92 Å². The predicted octanol–water partition coefficient (Wildman–Crippen LogP) is 0.760. The first-order valence-electron chi connectivity index (χ1n) is 3.46. The summed E-state index contributed by atoms with van der Waals surface area (Å²) in [4.78, 5) is 0. The monoisotopic (exact) mass is 129 g/mol. The molecule has 1 aliphatic carbocycles. The van der Waals surface area contributed by atoms with E-state index in [1.165, 1.54) is 12.8 Å². The third-order valence-electron chi connectivity index (χ3n) is 2.31. The third-order valence-corrected chi connectivity index (χ3v) is 2.31. The quantitative estimate of drug-likeness (QED) is 0.610. The van der Waals surface area contributed by atoms with Crippen LogP contribution in [0.2, 0.25) is 0 Å². The van der Waals surface area contributed by atoms with Gasteiger partial charge >= 0.3 is 0 Å². The molecular formula is C7H15NO. The normalized spacial score (nSPS) is 25.7. The van der Waals surface area contributed by atoms with Crippen LogP contribution in [-0.4, -0.2) is 19.8 Å². The second-order valence-electron chi connectivity index (χ2n) is 3.11. The molecule has 9 heavy (non-hydrogen) atoms. The van der Waals surface area contributed by atoms with Gasteiger partial charge in [-0.05, 0) is 18.3 Å². The molecule has 1 fully saturated rings. The van der Waals surface area contributed by atoms with E-state index in [4.69, 9.17) is 10.5 Å². The zero-order valence-electron chi connectivity index (χ0n) is 6.18. The maximum atomic E-state index is 5.48. The highest BCUT2D eigenvalue weighted by Crippen LogP contribution is 2.48. The highest BCUT2D eigenvalue weighted by Gasteiger charge is 2.44. The molecule has 2 nitrogen and oxygen atoms in total. The molecule has 0 aromatic heterocycles. The summed E-state index contributed by atoms with van der Waals surface area (Å²) in [5, 5.41) is 0. The van der Waals surface area contributed by atoms with Gasteiger partial charge in [-0.15, -0.1) is 0 Å². The van der Waals surface area contributed by atoms with Crippen molar-refractivity contribution < 1.29 is 4.74 Å². The summed E-state index contributed by atoms with van der Waals surface area (Å²) in [6.45, 7) is 2.89. The second kappa shape index (κ2) is 2.27. The number of methoxy groups -OCH3 is 1. The molecule has 0 saturated heterocycles.